The number of halogens is 1. The predicted octanol–water partition coefficient (Wildman–Crippen LogP) is 3.39. The molecule has 1 aromatic heterocycles. The van der Waals surface area contributed by atoms with Crippen molar-refractivity contribution < 1.29 is 8.42 Å². The third-order valence-electron chi connectivity index (χ3n) is 2.83. The summed E-state index contributed by atoms with van der Waals surface area (Å²) < 4.78 is 28.3. The van der Waals surface area contributed by atoms with E-state index in [0.29, 0.717) is 17.9 Å². The van der Waals surface area contributed by atoms with Gasteiger partial charge in [0.05, 0.1) is 11.4 Å². The van der Waals surface area contributed by atoms with E-state index in [-0.39, 0.29) is 5.03 Å². The van der Waals surface area contributed by atoms with Crippen LogP contribution in [0.25, 0.3) is 0 Å². The highest BCUT2D eigenvalue weighted by Gasteiger charge is 2.21. The van der Waals surface area contributed by atoms with Gasteiger partial charge >= 0.3 is 0 Å². The van der Waals surface area contributed by atoms with Crippen LogP contribution in [0.15, 0.2) is 46.0 Å². The zero-order valence-corrected chi connectivity index (χ0v) is 14.1. The van der Waals surface area contributed by atoms with E-state index in [1.54, 1.807) is 24.3 Å². The van der Waals surface area contributed by atoms with Crippen molar-refractivity contribution in [1.29, 1.82) is 0 Å². The van der Waals surface area contributed by atoms with Crippen molar-refractivity contribution in [2.75, 3.05) is 16.6 Å². The molecule has 0 bridgehead atoms. The van der Waals surface area contributed by atoms with E-state index >= 15 is 0 Å². The first-order valence-corrected chi connectivity index (χ1v) is 8.70. The Morgan fingerprint density at radius 2 is 1.90 bits per heavy atom. The highest BCUT2D eigenvalue weighted by atomic mass is 79.9. The van der Waals surface area contributed by atoms with Gasteiger partial charge in [-0.25, -0.2) is 4.98 Å². The summed E-state index contributed by atoms with van der Waals surface area (Å²) in [5, 5.41) is 2.99. The maximum atomic E-state index is 12.5. The lowest BCUT2D eigenvalue weighted by molar-refractivity contribution is 0.598. The van der Waals surface area contributed by atoms with E-state index in [4.69, 9.17) is 0 Å². The first-order valence-electron chi connectivity index (χ1n) is 6.42. The van der Waals surface area contributed by atoms with Crippen molar-refractivity contribution in [3.8, 4) is 0 Å². The molecule has 0 saturated heterocycles. The Morgan fingerprint density at radius 3 is 2.62 bits per heavy atom. The highest BCUT2D eigenvalue weighted by molar-refractivity contribution is 9.10. The number of hydrogen-bond acceptors (Lipinski definition) is 4. The van der Waals surface area contributed by atoms with E-state index in [9.17, 15) is 8.42 Å². The lowest BCUT2D eigenvalue weighted by Crippen LogP contribution is -2.17. The van der Waals surface area contributed by atoms with Gasteiger partial charge in [-0.2, -0.15) is 8.42 Å². The fraction of sp³-hybridized carbons (Fsp3) is 0.214. The molecule has 0 spiro atoms. The molecular formula is C14H16BrN3O2S. The molecular weight excluding hydrogens is 354 g/mol. The largest absolute Gasteiger partial charge is 0.383 e. The SMILES string of the molecule is CCNc1cccnc1S(=O)(=O)Nc1cccc(C)c1Br. The number of pyridine rings is 1. The topological polar surface area (TPSA) is 71.1 Å². The van der Waals surface area contributed by atoms with Crippen molar-refractivity contribution in [2.24, 2.45) is 0 Å². The van der Waals surface area contributed by atoms with Crippen molar-refractivity contribution in [2.45, 2.75) is 18.9 Å². The predicted molar refractivity (Wildman–Crippen MR) is 88.1 cm³/mol. The van der Waals surface area contributed by atoms with Crippen LogP contribution in [0, 0.1) is 6.92 Å². The van der Waals surface area contributed by atoms with Crippen LogP contribution in [0.2, 0.25) is 0 Å². The molecule has 1 aromatic carbocycles. The Balaban J connectivity index is 2.41. The fourth-order valence-corrected chi connectivity index (χ4v) is 3.53. The van der Waals surface area contributed by atoms with Crippen molar-refractivity contribution in [3.05, 3.63) is 46.6 Å². The maximum absolute atomic E-state index is 12.5. The quantitative estimate of drug-likeness (QED) is 0.847. The summed E-state index contributed by atoms with van der Waals surface area (Å²) >= 11 is 3.39. The van der Waals surface area contributed by atoms with Crippen LogP contribution in [0.1, 0.15) is 12.5 Å². The number of rotatable bonds is 5. The van der Waals surface area contributed by atoms with Gasteiger partial charge in [0.1, 0.15) is 0 Å². The molecule has 0 aliphatic heterocycles. The summed E-state index contributed by atoms with van der Waals surface area (Å²) in [7, 11) is -3.76. The number of benzene rings is 1. The molecule has 21 heavy (non-hydrogen) atoms. The summed E-state index contributed by atoms with van der Waals surface area (Å²) in [6.07, 6.45) is 1.46. The molecule has 0 aliphatic carbocycles. The van der Waals surface area contributed by atoms with Crippen LogP contribution < -0.4 is 10.0 Å². The summed E-state index contributed by atoms with van der Waals surface area (Å²) in [4.78, 5) is 3.99. The summed E-state index contributed by atoms with van der Waals surface area (Å²) in [5.41, 5.74) is 1.92. The number of aryl methyl sites for hydroxylation is 1. The monoisotopic (exact) mass is 369 g/mol. The zero-order chi connectivity index (χ0) is 15.5. The van der Waals surface area contributed by atoms with Crippen molar-refractivity contribution >= 4 is 37.3 Å². The Hall–Kier alpha value is -1.60. The van der Waals surface area contributed by atoms with Gasteiger partial charge < -0.3 is 5.32 Å². The van der Waals surface area contributed by atoms with Gasteiger partial charge in [0.2, 0.25) is 0 Å². The molecule has 7 heteroatoms. The third kappa shape index (κ3) is 3.54. The van der Waals surface area contributed by atoms with Gasteiger partial charge in [0.25, 0.3) is 10.0 Å². The Morgan fingerprint density at radius 1 is 1.19 bits per heavy atom. The minimum Gasteiger partial charge on any atom is -0.383 e. The van der Waals surface area contributed by atoms with E-state index in [2.05, 4.69) is 31.0 Å². The minimum atomic E-state index is -3.76. The molecule has 0 saturated carbocycles. The fourth-order valence-electron chi connectivity index (χ4n) is 1.85. The van der Waals surface area contributed by atoms with Crippen LogP contribution in [-0.4, -0.2) is 19.9 Å². The lowest BCUT2D eigenvalue weighted by Gasteiger charge is -2.13. The van der Waals surface area contributed by atoms with Crippen LogP contribution in [-0.2, 0) is 10.0 Å². The van der Waals surface area contributed by atoms with Gasteiger partial charge in [-0.1, -0.05) is 12.1 Å². The van der Waals surface area contributed by atoms with E-state index in [1.165, 1.54) is 6.20 Å². The standard InChI is InChI=1S/C14H16BrN3O2S/c1-3-16-12-8-5-9-17-14(12)21(19,20)18-11-7-4-6-10(2)13(11)15/h4-9,16,18H,3H2,1-2H3. The van der Waals surface area contributed by atoms with Crippen LogP contribution in [0.3, 0.4) is 0 Å². The molecule has 0 fully saturated rings. The number of nitrogens with one attached hydrogen (secondary N) is 2. The van der Waals surface area contributed by atoms with E-state index in [0.717, 1.165) is 10.0 Å². The maximum Gasteiger partial charge on any atom is 0.281 e. The Bertz CT molecular complexity index is 748. The molecule has 0 atom stereocenters. The van der Waals surface area contributed by atoms with E-state index < -0.39 is 10.0 Å². The zero-order valence-electron chi connectivity index (χ0n) is 11.7. The summed E-state index contributed by atoms with van der Waals surface area (Å²) in [6, 6.07) is 8.77. The summed E-state index contributed by atoms with van der Waals surface area (Å²) in [6.45, 7) is 4.41. The molecule has 0 amide bonds. The second-order valence-corrected chi connectivity index (χ2v) is 6.82. The van der Waals surface area contributed by atoms with Gasteiger partial charge in [-0.15, -0.1) is 0 Å². The van der Waals surface area contributed by atoms with Crippen molar-refractivity contribution in [1.82, 2.24) is 4.98 Å². The molecule has 112 valence electrons. The van der Waals surface area contributed by atoms with Gasteiger partial charge in [-0.3, -0.25) is 4.72 Å². The molecule has 2 N–H and O–H groups in total. The normalized spacial score (nSPS) is 11.2. The Labute approximate surface area is 133 Å². The second kappa shape index (κ2) is 6.44. The van der Waals surface area contributed by atoms with Crippen LogP contribution in [0.5, 0.6) is 0 Å². The number of aromatic nitrogens is 1. The van der Waals surface area contributed by atoms with Crippen LogP contribution in [0.4, 0.5) is 11.4 Å². The van der Waals surface area contributed by atoms with Gasteiger partial charge in [0, 0.05) is 17.2 Å². The minimum absolute atomic E-state index is 0.0137. The molecule has 5 nitrogen and oxygen atoms in total. The molecule has 1 heterocycles. The molecule has 2 rings (SSSR count). The Kier molecular flexibility index (Phi) is 4.84. The van der Waals surface area contributed by atoms with Gasteiger partial charge in [-0.05, 0) is 53.5 Å². The molecule has 2 aromatic rings. The number of hydrogen-bond donors (Lipinski definition) is 2. The molecule has 0 aliphatic rings. The second-order valence-electron chi connectivity index (χ2n) is 4.43. The lowest BCUT2D eigenvalue weighted by atomic mass is 10.2. The first kappa shape index (κ1) is 15.8. The molecule has 0 radical (unpaired) electrons. The van der Waals surface area contributed by atoms with E-state index in [1.807, 2.05) is 19.9 Å². The summed E-state index contributed by atoms with van der Waals surface area (Å²) in [5.74, 6) is 0. The van der Waals surface area contributed by atoms with Crippen molar-refractivity contribution in [3.63, 3.8) is 0 Å². The first-order chi connectivity index (χ1) is 9.95. The number of anilines is 2. The average molecular weight is 370 g/mol. The van der Waals surface area contributed by atoms with Gasteiger partial charge in [0.15, 0.2) is 5.03 Å². The number of nitrogens with zero attached hydrogens (tertiary/aromatic N) is 1. The third-order valence-corrected chi connectivity index (χ3v) is 5.20. The smallest absolute Gasteiger partial charge is 0.281 e. The van der Waals surface area contributed by atoms with Crippen LogP contribution >= 0.6 is 15.9 Å². The number of sulfonamides is 1. The highest BCUT2D eigenvalue weighted by Crippen LogP contribution is 2.29. The molecule has 0 unspecified atom stereocenters. The average Bonchev–Trinajstić information content (AvgIpc) is 2.44.